The largest absolute Gasteiger partial charge is 0.453 e. The van der Waals surface area contributed by atoms with Crippen LogP contribution in [0.5, 0.6) is 0 Å². The number of carbonyl (C=O) groups excluding carboxylic acids is 2. The first-order valence-corrected chi connectivity index (χ1v) is 27.0. The normalized spacial score (nSPS) is 31.1. The summed E-state index contributed by atoms with van der Waals surface area (Å²) in [6, 6.07) is 0. The molecule has 0 aliphatic carbocycles. The van der Waals surface area contributed by atoms with E-state index in [4.69, 9.17) is 73.6 Å². The molecule has 9 atom stereocenters. The predicted molar refractivity (Wildman–Crippen MR) is 220 cm³/mol. The smallest absolute Gasteiger partial charge is 0.305 e. The van der Waals surface area contributed by atoms with E-state index < -0.39 is 163 Å². The van der Waals surface area contributed by atoms with Crippen molar-refractivity contribution in [3.05, 3.63) is 0 Å². The lowest BCUT2D eigenvalue weighted by Gasteiger charge is -2.34. The molecule has 5 saturated heterocycles. The van der Waals surface area contributed by atoms with Crippen molar-refractivity contribution in [1.82, 2.24) is 0 Å². The van der Waals surface area contributed by atoms with Crippen LogP contribution >= 0.6 is 0 Å². The zero-order valence-electron chi connectivity index (χ0n) is 39.1. The standard InChI is InChI=1S/C13H22O12S2.C12H22O10S2.C10H18O6/c1-8(14)23-10-11(20-3)13(6-21-26(4,16)17,7-22-27(5,18)19)25-12(10)24-9(2)15;1-11(2)20-8-9(17-3)12(22-10(8)21-11,6-18-23(4,13)14)7-19-24(5,15)16;1-9(2)14-6-7(13-3)10(4-11,5-12)16-8(6)15-9/h10-12H,6-7H2,1-5H3;8-10H,6-7H2,1-5H3;6-8,11-12H,4-5H2,1-3H3/t10-,11-,12?;8-,9-,10+;6-,7-,8+/m111/s1. The van der Waals surface area contributed by atoms with Crippen molar-refractivity contribution in [2.24, 2.45) is 0 Å². The van der Waals surface area contributed by atoms with Crippen LogP contribution in [-0.4, -0.2) is 226 Å². The molecule has 0 aromatic carbocycles. The van der Waals surface area contributed by atoms with Crippen LogP contribution in [0, 0.1) is 0 Å². The first-order chi connectivity index (χ1) is 30.4. The second kappa shape index (κ2) is 22.3. The number of aliphatic hydroxyl groups is 2. The van der Waals surface area contributed by atoms with Gasteiger partial charge in [0.15, 0.2) is 35.9 Å². The number of carbonyl (C=O) groups is 2. The molecule has 0 radical (unpaired) electrons. The molecule has 32 heteroatoms. The lowest BCUT2D eigenvalue weighted by atomic mass is 9.97. The molecule has 0 amide bonds. The molecule has 0 spiro atoms. The third-order valence-electron chi connectivity index (χ3n) is 9.90. The van der Waals surface area contributed by atoms with Crippen LogP contribution in [0.3, 0.4) is 0 Å². The van der Waals surface area contributed by atoms with Gasteiger partial charge < -0.3 is 67.1 Å². The summed E-state index contributed by atoms with van der Waals surface area (Å²) in [5, 5.41) is 18.7. The first kappa shape index (κ1) is 59.4. The minimum Gasteiger partial charge on any atom is -0.453 e. The Kier molecular flexibility index (Phi) is 19.7. The Morgan fingerprint density at radius 2 is 0.791 bits per heavy atom. The maximum absolute atomic E-state index is 11.4. The van der Waals surface area contributed by atoms with Gasteiger partial charge in [-0.1, -0.05) is 0 Å². The highest BCUT2D eigenvalue weighted by Crippen LogP contribution is 2.45. The summed E-state index contributed by atoms with van der Waals surface area (Å²) in [7, 11) is -11.5. The molecule has 67 heavy (non-hydrogen) atoms. The molecule has 5 aliphatic rings. The molecule has 5 fully saturated rings. The monoisotopic (exact) mass is 1060 g/mol. The van der Waals surface area contributed by atoms with Crippen molar-refractivity contribution in [3.8, 4) is 0 Å². The van der Waals surface area contributed by atoms with Gasteiger partial charge in [-0.3, -0.25) is 26.3 Å². The second-order valence-corrected chi connectivity index (χ2v) is 23.3. The number of fused-ring (bicyclic) bond motifs is 2. The number of hydrogen-bond acceptors (Lipinski definition) is 28. The van der Waals surface area contributed by atoms with E-state index in [0.717, 1.165) is 38.9 Å². The van der Waals surface area contributed by atoms with Gasteiger partial charge in [-0.05, 0) is 27.7 Å². The minimum absolute atomic E-state index is 0.345. The molecule has 0 bridgehead atoms. The van der Waals surface area contributed by atoms with E-state index in [-0.39, 0.29) is 13.2 Å². The van der Waals surface area contributed by atoms with Gasteiger partial charge in [-0.25, -0.2) is 0 Å². The quantitative estimate of drug-likeness (QED) is 0.0960. The number of esters is 2. The van der Waals surface area contributed by atoms with Gasteiger partial charge in [0.25, 0.3) is 40.5 Å². The minimum atomic E-state index is -3.97. The maximum atomic E-state index is 11.4. The van der Waals surface area contributed by atoms with Crippen molar-refractivity contribution in [3.63, 3.8) is 0 Å². The fourth-order valence-corrected chi connectivity index (χ4v) is 9.05. The Morgan fingerprint density at radius 3 is 1.09 bits per heavy atom. The van der Waals surface area contributed by atoms with Gasteiger partial charge in [-0.2, -0.15) is 33.7 Å². The summed E-state index contributed by atoms with van der Waals surface area (Å²) >= 11 is 0. The molecule has 5 heterocycles. The predicted octanol–water partition coefficient (Wildman–Crippen LogP) is -3.02. The van der Waals surface area contributed by atoms with Crippen molar-refractivity contribution in [1.29, 1.82) is 0 Å². The summed E-state index contributed by atoms with van der Waals surface area (Å²) in [5.41, 5.74) is -4.57. The summed E-state index contributed by atoms with van der Waals surface area (Å²) in [6.07, 6.45) is -4.89. The summed E-state index contributed by atoms with van der Waals surface area (Å²) < 4.78 is 175. The molecular formula is C35H62O28S4. The highest BCUT2D eigenvalue weighted by molar-refractivity contribution is 7.86. The van der Waals surface area contributed by atoms with Crippen LogP contribution in [0.25, 0.3) is 0 Å². The van der Waals surface area contributed by atoms with E-state index in [2.05, 4.69) is 0 Å². The zero-order chi connectivity index (χ0) is 51.4. The Morgan fingerprint density at radius 1 is 0.478 bits per heavy atom. The summed E-state index contributed by atoms with van der Waals surface area (Å²) in [4.78, 5) is 22.7. The molecule has 1 unspecified atom stereocenters. The average Bonchev–Trinajstić information content (AvgIpc) is 3.89. The van der Waals surface area contributed by atoms with Crippen LogP contribution in [0.1, 0.15) is 41.5 Å². The van der Waals surface area contributed by atoms with Crippen molar-refractivity contribution in [2.45, 2.75) is 125 Å². The molecule has 5 rings (SSSR count). The molecule has 0 aromatic rings. The van der Waals surface area contributed by atoms with Crippen molar-refractivity contribution >= 4 is 52.4 Å². The fraction of sp³-hybridized carbons (Fsp3) is 0.943. The molecule has 5 aliphatic heterocycles. The molecule has 28 nitrogen and oxygen atoms in total. The van der Waals surface area contributed by atoms with Crippen LogP contribution in [-0.2, 0) is 124 Å². The topological polar surface area (TPSA) is 359 Å². The molecule has 0 saturated carbocycles. The van der Waals surface area contributed by atoms with E-state index in [9.17, 15) is 53.5 Å². The Balaban J connectivity index is 0.000000274. The van der Waals surface area contributed by atoms with Crippen LogP contribution in [0.15, 0.2) is 0 Å². The Labute approximate surface area is 389 Å². The Hall–Kier alpha value is -1.90. The third-order valence-corrected chi connectivity index (χ3v) is 12.1. The van der Waals surface area contributed by atoms with Crippen LogP contribution in [0.2, 0.25) is 0 Å². The highest BCUT2D eigenvalue weighted by Gasteiger charge is 2.65. The SMILES string of the molecule is CO[C@@H]1[C@@H](OC(C)=O)C(OC(C)=O)OC1(COS(C)(=O)=O)COS(C)(=O)=O.CO[C@@H]1[C@H]2OC(C)(C)O[C@H]2OC1(CO)CO.CO[C@@H]1[C@H]2OC(C)(C)O[C@H]2OC1(COS(C)(=O)=O)COS(C)(=O)=O. The van der Waals surface area contributed by atoms with Gasteiger partial charge in [0.1, 0.15) is 68.1 Å². The summed E-state index contributed by atoms with van der Waals surface area (Å²) in [5.74, 6) is -3.22. The lowest BCUT2D eigenvalue weighted by molar-refractivity contribution is -0.254. The zero-order valence-corrected chi connectivity index (χ0v) is 42.3. The molecule has 394 valence electrons. The number of aliphatic hydroxyl groups excluding tert-OH is 2. The van der Waals surface area contributed by atoms with Crippen LogP contribution in [0.4, 0.5) is 0 Å². The number of hydrogen-bond donors (Lipinski definition) is 2. The Bertz CT molecular complexity index is 2070. The van der Waals surface area contributed by atoms with Gasteiger partial charge >= 0.3 is 11.9 Å². The van der Waals surface area contributed by atoms with Crippen molar-refractivity contribution in [2.75, 3.05) is 86.0 Å². The van der Waals surface area contributed by atoms with Gasteiger partial charge in [-0.15, -0.1) is 0 Å². The van der Waals surface area contributed by atoms with Crippen molar-refractivity contribution < 1.29 is 127 Å². The average molecular weight is 1060 g/mol. The second-order valence-electron chi connectivity index (χ2n) is 16.7. The lowest BCUT2D eigenvalue weighted by Crippen LogP contribution is -2.53. The highest BCUT2D eigenvalue weighted by atomic mass is 32.2. The van der Waals surface area contributed by atoms with Gasteiger partial charge in [0.05, 0.1) is 38.2 Å². The van der Waals surface area contributed by atoms with E-state index >= 15 is 0 Å². The number of ether oxygens (including phenoxy) is 12. The van der Waals surface area contributed by atoms with E-state index in [0.29, 0.717) is 0 Å². The molecule has 2 N–H and O–H groups in total. The van der Waals surface area contributed by atoms with Gasteiger partial charge in [0, 0.05) is 35.2 Å². The molecular weight excluding hydrogens is 997 g/mol. The van der Waals surface area contributed by atoms with E-state index in [1.54, 1.807) is 27.7 Å². The molecule has 0 aromatic heterocycles. The van der Waals surface area contributed by atoms with Gasteiger partial charge in [0.2, 0.25) is 6.29 Å². The third kappa shape index (κ3) is 16.3. The summed E-state index contributed by atoms with van der Waals surface area (Å²) in [6.45, 7) is 5.84. The first-order valence-electron chi connectivity index (χ1n) is 19.7. The van der Waals surface area contributed by atoms with E-state index in [1.165, 1.54) is 21.3 Å². The number of methoxy groups -OCH3 is 3. The maximum Gasteiger partial charge on any atom is 0.305 e. The van der Waals surface area contributed by atoms with Crippen LogP contribution < -0.4 is 0 Å². The van der Waals surface area contributed by atoms with E-state index in [1.807, 2.05) is 0 Å². The number of rotatable bonds is 19. The fourth-order valence-electron chi connectivity index (χ4n) is 7.40.